The van der Waals surface area contributed by atoms with Gasteiger partial charge in [-0.1, -0.05) is 12.1 Å². The van der Waals surface area contributed by atoms with E-state index in [4.69, 9.17) is 1.37 Å². The summed E-state index contributed by atoms with van der Waals surface area (Å²) in [4.78, 5) is 11.3. The molecule has 0 unspecified atom stereocenters. The maximum absolute atomic E-state index is 10.3. The number of hydrogen-bond acceptors (Lipinski definition) is 2. The molecule has 2 heteroatoms. The van der Waals surface area contributed by atoms with Crippen molar-refractivity contribution in [2.24, 2.45) is 0 Å². The first-order chi connectivity index (χ1) is 5.27. The molecule has 0 bridgehead atoms. The highest BCUT2D eigenvalue weighted by Gasteiger charge is 1.89. The van der Waals surface area contributed by atoms with E-state index in [0.717, 1.165) is 4.90 Å². The van der Waals surface area contributed by atoms with Crippen LogP contribution in [0.25, 0.3) is 0 Å². The lowest BCUT2D eigenvalue weighted by atomic mass is 10.2. The molecule has 10 heavy (non-hydrogen) atoms. The Kier molecular flexibility index (Phi) is 2.05. The van der Waals surface area contributed by atoms with Gasteiger partial charge in [-0.25, -0.2) is 0 Å². The van der Waals surface area contributed by atoms with Crippen molar-refractivity contribution in [2.75, 3.05) is 6.26 Å². The molecule has 1 rings (SSSR count). The molecule has 0 saturated heterocycles. The smallest absolute Gasteiger partial charge is 0.150 e. The average Bonchev–Trinajstić information content (AvgIpc) is 2.04. The van der Waals surface area contributed by atoms with Crippen molar-refractivity contribution in [3.05, 3.63) is 29.8 Å². The summed E-state index contributed by atoms with van der Waals surface area (Å²) in [5.41, 5.74) is 0.447. The Morgan fingerprint density at radius 2 is 2.40 bits per heavy atom. The minimum atomic E-state index is 0.298. The van der Waals surface area contributed by atoms with Crippen molar-refractivity contribution in [1.29, 1.82) is 0 Å². The number of rotatable bonds is 2. The Morgan fingerprint density at radius 3 is 2.90 bits per heavy atom. The van der Waals surface area contributed by atoms with Crippen LogP contribution in [0.15, 0.2) is 29.1 Å². The Bertz CT molecular complexity index is 273. The third kappa shape index (κ3) is 1.61. The lowest BCUT2D eigenvalue weighted by Crippen LogP contribution is -1.76. The first-order valence-electron chi connectivity index (χ1n) is 3.37. The van der Waals surface area contributed by atoms with E-state index in [-0.39, 0.29) is 0 Å². The SMILES string of the molecule is [2H]c1cc(SC)ccc1C=O. The molecule has 0 saturated carbocycles. The van der Waals surface area contributed by atoms with Gasteiger partial charge in [-0.2, -0.15) is 0 Å². The molecule has 0 heterocycles. The summed E-state index contributed by atoms with van der Waals surface area (Å²) < 4.78 is 7.37. The van der Waals surface area contributed by atoms with E-state index in [1.807, 2.05) is 12.3 Å². The maximum atomic E-state index is 10.3. The molecule has 0 aliphatic carbocycles. The second-order valence-electron chi connectivity index (χ2n) is 1.80. The van der Waals surface area contributed by atoms with Crippen LogP contribution in [-0.2, 0) is 0 Å². The fourth-order valence-corrected chi connectivity index (χ4v) is 1.00. The molecule has 1 aromatic carbocycles. The Labute approximate surface area is 65.9 Å². The predicted molar refractivity (Wildman–Crippen MR) is 43.6 cm³/mol. The van der Waals surface area contributed by atoms with Crippen molar-refractivity contribution < 1.29 is 6.17 Å². The summed E-state index contributed by atoms with van der Waals surface area (Å²) in [5.74, 6) is 0. The quantitative estimate of drug-likeness (QED) is 0.478. The van der Waals surface area contributed by atoms with Gasteiger partial charge in [-0.05, 0) is 18.4 Å². The molecule has 0 aromatic heterocycles. The third-order valence-electron chi connectivity index (χ3n) is 1.17. The average molecular weight is 153 g/mol. The highest BCUT2D eigenvalue weighted by molar-refractivity contribution is 7.98. The molecule has 0 aliphatic heterocycles. The van der Waals surface area contributed by atoms with Crippen molar-refractivity contribution in [3.8, 4) is 0 Å². The van der Waals surface area contributed by atoms with Gasteiger partial charge in [0.25, 0.3) is 0 Å². The third-order valence-corrected chi connectivity index (χ3v) is 1.90. The van der Waals surface area contributed by atoms with Crippen LogP contribution in [0.3, 0.4) is 0 Å². The van der Waals surface area contributed by atoms with Gasteiger partial charge in [0.1, 0.15) is 6.29 Å². The van der Waals surface area contributed by atoms with E-state index < -0.39 is 0 Å². The van der Waals surface area contributed by atoms with Crippen molar-refractivity contribution in [3.63, 3.8) is 0 Å². The largest absolute Gasteiger partial charge is 0.298 e. The summed E-state index contributed by atoms with van der Waals surface area (Å²) in [6.07, 6.45) is 2.64. The molecule has 0 spiro atoms. The molecule has 0 aliphatic rings. The molecule has 0 atom stereocenters. The van der Waals surface area contributed by atoms with Crippen LogP contribution in [-0.4, -0.2) is 12.5 Å². The molecule has 0 radical (unpaired) electrons. The highest BCUT2D eigenvalue weighted by atomic mass is 32.2. The van der Waals surface area contributed by atoms with Crippen LogP contribution in [0.4, 0.5) is 0 Å². The normalized spacial score (nSPS) is 10.7. The van der Waals surface area contributed by atoms with Crippen LogP contribution in [0.2, 0.25) is 0 Å². The minimum Gasteiger partial charge on any atom is -0.298 e. The van der Waals surface area contributed by atoms with Gasteiger partial charge in [-0.15, -0.1) is 11.8 Å². The number of thioether (sulfide) groups is 1. The second-order valence-corrected chi connectivity index (χ2v) is 2.68. The molecule has 0 N–H and O–H groups in total. The fraction of sp³-hybridized carbons (Fsp3) is 0.125. The molecular formula is C8H8OS. The molecule has 0 amide bonds. The topological polar surface area (TPSA) is 17.1 Å². The zero-order valence-electron chi connectivity index (χ0n) is 6.63. The first kappa shape index (κ1) is 5.98. The summed E-state index contributed by atoms with van der Waals surface area (Å²) in [6.45, 7) is 0. The zero-order valence-corrected chi connectivity index (χ0v) is 6.44. The zero-order chi connectivity index (χ0) is 8.27. The van der Waals surface area contributed by atoms with Crippen molar-refractivity contribution >= 4 is 18.0 Å². The van der Waals surface area contributed by atoms with E-state index >= 15 is 0 Å². The fourth-order valence-electron chi connectivity index (χ4n) is 0.623. The van der Waals surface area contributed by atoms with E-state index in [9.17, 15) is 4.79 Å². The van der Waals surface area contributed by atoms with Gasteiger partial charge in [-0.3, -0.25) is 4.79 Å². The summed E-state index contributed by atoms with van der Waals surface area (Å²) in [6, 6.07) is 5.49. The van der Waals surface area contributed by atoms with E-state index in [0.29, 0.717) is 17.9 Å². The van der Waals surface area contributed by atoms with Crippen molar-refractivity contribution in [2.45, 2.75) is 4.90 Å². The van der Waals surface area contributed by atoms with E-state index in [2.05, 4.69) is 0 Å². The van der Waals surface area contributed by atoms with Crippen LogP contribution < -0.4 is 0 Å². The molecule has 52 valence electrons. The summed E-state index contributed by atoms with van der Waals surface area (Å²) in [5, 5.41) is 0. The lowest BCUT2D eigenvalue weighted by Gasteiger charge is -1.93. The van der Waals surface area contributed by atoms with Gasteiger partial charge >= 0.3 is 0 Å². The van der Waals surface area contributed by atoms with Crippen molar-refractivity contribution in [1.82, 2.24) is 0 Å². The molecule has 1 aromatic rings. The summed E-state index contributed by atoms with van der Waals surface area (Å²) in [7, 11) is 0. The molecule has 0 fully saturated rings. The van der Waals surface area contributed by atoms with Gasteiger partial charge in [0.15, 0.2) is 0 Å². The Balaban J connectivity index is 3.09. The lowest BCUT2D eigenvalue weighted by molar-refractivity contribution is 0.112. The van der Waals surface area contributed by atoms with Gasteiger partial charge in [0, 0.05) is 10.5 Å². The van der Waals surface area contributed by atoms with Gasteiger partial charge in [0.2, 0.25) is 0 Å². The minimum absolute atomic E-state index is 0.298. The highest BCUT2D eigenvalue weighted by Crippen LogP contribution is 2.13. The van der Waals surface area contributed by atoms with Gasteiger partial charge < -0.3 is 0 Å². The van der Waals surface area contributed by atoms with Crippen LogP contribution >= 0.6 is 11.8 Å². The van der Waals surface area contributed by atoms with Crippen LogP contribution in [0.1, 0.15) is 11.7 Å². The number of hydrogen-bond donors (Lipinski definition) is 0. The monoisotopic (exact) mass is 153 g/mol. The molecular weight excluding hydrogens is 144 g/mol. The number of carbonyl (C=O) groups excluding carboxylic acids is 1. The first-order valence-corrected chi connectivity index (χ1v) is 4.10. The Morgan fingerprint density at radius 1 is 1.60 bits per heavy atom. The van der Waals surface area contributed by atoms with E-state index in [1.54, 1.807) is 23.9 Å². The van der Waals surface area contributed by atoms with Crippen LogP contribution in [0.5, 0.6) is 0 Å². The standard InChI is InChI=1S/C8H8OS/c1-10-8-4-2-7(6-9)3-5-8/h2-6H,1H3/i2D. The predicted octanol–water partition coefficient (Wildman–Crippen LogP) is 2.22. The Hall–Kier alpha value is -0.760. The number of aldehydes is 1. The van der Waals surface area contributed by atoms with Crippen LogP contribution in [0, 0.1) is 0 Å². The number of benzene rings is 1. The molecule has 1 nitrogen and oxygen atoms in total. The van der Waals surface area contributed by atoms with Gasteiger partial charge in [0.05, 0.1) is 1.37 Å². The second kappa shape index (κ2) is 3.42. The maximum Gasteiger partial charge on any atom is 0.150 e. The number of carbonyl (C=O) groups is 1. The van der Waals surface area contributed by atoms with E-state index in [1.165, 1.54) is 0 Å². The summed E-state index contributed by atoms with van der Waals surface area (Å²) >= 11 is 1.57.